The first-order valence-electron chi connectivity index (χ1n) is 11.3. The van der Waals surface area contributed by atoms with E-state index in [0.29, 0.717) is 29.4 Å². The Balaban J connectivity index is 1.65. The highest BCUT2D eigenvalue weighted by atomic mass is 35.5. The molecule has 0 saturated carbocycles. The zero-order chi connectivity index (χ0) is 24.5. The molecule has 1 atom stereocenters. The van der Waals surface area contributed by atoms with Crippen molar-refractivity contribution >= 4 is 23.4 Å². The Bertz CT molecular complexity index is 1180. The smallest absolute Gasteiger partial charge is 0.254 e. The van der Waals surface area contributed by atoms with Gasteiger partial charge in [0.05, 0.1) is 13.2 Å². The lowest BCUT2D eigenvalue weighted by Gasteiger charge is -2.41. The summed E-state index contributed by atoms with van der Waals surface area (Å²) < 4.78 is 7.46. The maximum absolute atomic E-state index is 13.8. The second-order valence-electron chi connectivity index (χ2n) is 9.46. The minimum atomic E-state index is -0.554. The molecule has 0 radical (unpaired) electrons. The maximum atomic E-state index is 13.8. The van der Waals surface area contributed by atoms with E-state index in [1.54, 1.807) is 36.3 Å². The number of carbonyl (C=O) groups is 2. The number of ether oxygens (including phenoxy) is 1. The van der Waals surface area contributed by atoms with Crippen LogP contribution in [0, 0.1) is 0 Å². The molecule has 0 N–H and O–H groups in total. The molecular formula is C27H30ClN3O3. The third-order valence-electron chi connectivity index (χ3n) is 6.21. The summed E-state index contributed by atoms with van der Waals surface area (Å²) in [5.41, 5.74) is 1.97. The van der Waals surface area contributed by atoms with Crippen molar-refractivity contribution in [1.82, 2.24) is 14.4 Å². The SMILES string of the molecule is COc1cccc(C(=O)N(CC(=O)N2CCn3cccc3C2c2ccc(Cl)cc2)C(C)(C)C)c1. The van der Waals surface area contributed by atoms with E-state index in [4.69, 9.17) is 16.3 Å². The van der Waals surface area contributed by atoms with Crippen LogP contribution < -0.4 is 4.74 Å². The normalized spacial score (nSPS) is 15.6. The molecule has 0 saturated heterocycles. The molecule has 6 nitrogen and oxygen atoms in total. The monoisotopic (exact) mass is 479 g/mol. The van der Waals surface area contributed by atoms with Gasteiger partial charge in [-0.15, -0.1) is 0 Å². The number of amides is 2. The molecule has 1 aromatic heterocycles. The first-order valence-corrected chi connectivity index (χ1v) is 11.7. The fraction of sp³-hybridized carbons (Fsp3) is 0.333. The molecule has 0 bridgehead atoms. The number of hydrogen-bond donors (Lipinski definition) is 0. The van der Waals surface area contributed by atoms with E-state index in [0.717, 1.165) is 11.3 Å². The van der Waals surface area contributed by atoms with Crippen molar-refractivity contribution in [2.45, 2.75) is 38.9 Å². The molecule has 4 rings (SSSR count). The van der Waals surface area contributed by atoms with Gasteiger partial charge in [-0.05, 0) is 68.8 Å². The van der Waals surface area contributed by atoms with Gasteiger partial charge in [0.1, 0.15) is 12.3 Å². The van der Waals surface area contributed by atoms with Crippen LogP contribution in [0.2, 0.25) is 5.02 Å². The number of hydrogen-bond acceptors (Lipinski definition) is 3. The number of fused-ring (bicyclic) bond motifs is 1. The van der Waals surface area contributed by atoms with E-state index in [9.17, 15) is 9.59 Å². The van der Waals surface area contributed by atoms with Gasteiger partial charge in [0.25, 0.3) is 5.91 Å². The molecule has 2 heterocycles. The summed E-state index contributed by atoms with van der Waals surface area (Å²) >= 11 is 6.12. The summed E-state index contributed by atoms with van der Waals surface area (Å²) in [6, 6.07) is 18.4. The Morgan fingerprint density at radius 1 is 1.06 bits per heavy atom. The molecule has 0 fully saturated rings. The van der Waals surface area contributed by atoms with Crippen molar-refractivity contribution in [2.75, 3.05) is 20.2 Å². The zero-order valence-electron chi connectivity index (χ0n) is 20.0. The topological polar surface area (TPSA) is 54.8 Å². The second kappa shape index (κ2) is 9.55. The lowest BCUT2D eigenvalue weighted by Crippen LogP contribution is -2.53. The van der Waals surface area contributed by atoms with Crippen molar-refractivity contribution < 1.29 is 14.3 Å². The van der Waals surface area contributed by atoms with Gasteiger partial charge in [-0.3, -0.25) is 9.59 Å². The highest BCUT2D eigenvalue weighted by Gasteiger charge is 2.36. The average molecular weight is 480 g/mol. The van der Waals surface area contributed by atoms with E-state index in [2.05, 4.69) is 4.57 Å². The Labute approximate surface area is 205 Å². The molecule has 0 spiro atoms. The minimum absolute atomic E-state index is 0.0235. The first-order chi connectivity index (χ1) is 16.2. The van der Waals surface area contributed by atoms with Crippen LogP contribution in [0.5, 0.6) is 5.75 Å². The van der Waals surface area contributed by atoms with E-state index in [1.807, 2.05) is 68.3 Å². The number of nitrogens with zero attached hydrogens (tertiary/aromatic N) is 3. The lowest BCUT2D eigenvalue weighted by atomic mass is 9.99. The average Bonchev–Trinajstić information content (AvgIpc) is 3.30. The highest BCUT2D eigenvalue weighted by molar-refractivity contribution is 6.30. The van der Waals surface area contributed by atoms with Crippen molar-refractivity contribution in [2.24, 2.45) is 0 Å². The van der Waals surface area contributed by atoms with E-state index < -0.39 is 5.54 Å². The molecule has 1 aliphatic rings. The highest BCUT2D eigenvalue weighted by Crippen LogP contribution is 2.33. The van der Waals surface area contributed by atoms with Gasteiger partial charge >= 0.3 is 0 Å². The van der Waals surface area contributed by atoms with Gasteiger partial charge in [0.15, 0.2) is 0 Å². The quantitative estimate of drug-likeness (QED) is 0.516. The predicted molar refractivity (Wildman–Crippen MR) is 133 cm³/mol. The molecule has 2 aromatic carbocycles. The van der Waals surface area contributed by atoms with Crippen LogP contribution in [0.1, 0.15) is 48.4 Å². The number of benzene rings is 2. The van der Waals surface area contributed by atoms with Crippen molar-refractivity contribution in [3.8, 4) is 5.75 Å². The fourth-order valence-corrected chi connectivity index (χ4v) is 4.53. The standard InChI is InChI=1S/C27H30ClN3O3/c1-27(2,3)31(26(33)20-7-5-8-22(17-20)34-4)18-24(32)30-16-15-29-14-6-9-23(29)25(30)19-10-12-21(28)13-11-19/h5-14,17,25H,15-16,18H2,1-4H3. The summed E-state index contributed by atoms with van der Waals surface area (Å²) in [6.45, 7) is 7.06. The molecule has 178 valence electrons. The van der Waals surface area contributed by atoms with Gasteiger partial charge < -0.3 is 19.1 Å². The number of halogens is 1. The van der Waals surface area contributed by atoms with Crippen molar-refractivity contribution in [3.05, 3.63) is 88.7 Å². The summed E-state index contributed by atoms with van der Waals surface area (Å²) in [5, 5.41) is 0.649. The van der Waals surface area contributed by atoms with Crippen LogP contribution in [0.25, 0.3) is 0 Å². The Morgan fingerprint density at radius 3 is 2.47 bits per heavy atom. The van der Waals surface area contributed by atoms with E-state index >= 15 is 0 Å². The number of carbonyl (C=O) groups excluding carboxylic acids is 2. The molecule has 1 aliphatic heterocycles. The minimum Gasteiger partial charge on any atom is -0.497 e. The second-order valence-corrected chi connectivity index (χ2v) is 9.90. The zero-order valence-corrected chi connectivity index (χ0v) is 20.7. The van der Waals surface area contributed by atoms with E-state index in [-0.39, 0.29) is 24.4 Å². The van der Waals surface area contributed by atoms with Gasteiger partial charge in [-0.25, -0.2) is 0 Å². The van der Waals surface area contributed by atoms with Crippen LogP contribution in [-0.4, -0.2) is 51.9 Å². The fourth-order valence-electron chi connectivity index (χ4n) is 4.40. The molecule has 34 heavy (non-hydrogen) atoms. The van der Waals surface area contributed by atoms with E-state index in [1.165, 1.54) is 0 Å². The summed E-state index contributed by atoms with van der Waals surface area (Å²) in [4.78, 5) is 30.8. The van der Waals surface area contributed by atoms with Crippen LogP contribution in [0.3, 0.4) is 0 Å². The predicted octanol–water partition coefficient (Wildman–Crippen LogP) is 5.02. The summed E-state index contributed by atoms with van der Waals surface area (Å²) in [7, 11) is 1.57. The third-order valence-corrected chi connectivity index (χ3v) is 6.46. The van der Waals surface area contributed by atoms with Gasteiger partial charge in [0.2, 0.25) is 5.91 Å². The number of methoxy groups -OCH3 is 1. The molecule has 0 aliphatic carbocycles. The Kier molecular flexibility index (Phi) is 6.71. The number of rotatable bonds is 5. The van der Waals surface area contributed by atoms with Crippen molar-refractivity contribution in [1.29, 1.82) is 0 Å². The Morgan fingerprint density at radius 2 is 1.79 bits per heavy atom. The number of aromatic nitrogens is 1. The molecule has 2 amide bonds. The largest absolute Gasteiger partial charge is 0.497 e. The van der Waals surface area contributed by atoms with Crippen LogP contribution >= 0.6 is 11.6 Å². The Hall–Kier alpha value is -3.25. The van der Waals surface area contributed by atoms with Gasteiger partial charge in [-0.2, -0.15) is 0 Å². The molecule has 3 aromatic rings. The van der Waals surface area contributed by atoms with Gasteiger partial charge in [0, 0.05) is 41.1 Å². The lowest BCUT2D eigenvalue weighted by molar-refractivity contribution is -0.135. The van der Waals surface area contributed by atoms with Crippen molar-refractivity contribution in [3.63, 3.8) is 0 Å². The first kappa shape index (κ1) is 23.9. The van der Waals surface area contributed by atoms with Crippen LogP contribution in [-0.2, 0) is 11.3 Å². The molecular weight excluding hydrogens is 450 g/mol. The third kappa shape index (κ3) is 4.82. The van der Waals surface area contributed by atoms with Crippen LogP contribution in [0.4, 0.5) is 0 Å². The summed E-state index contributed by atoms with van der Waals surface area (Å²) in [5.74, 6) is 0.298. The molecule has 7 heteroatoms. The van der Waals surface area contributed by atoms with Crippen LogP contribution in [0.15, 0.2) is 66.9 Å². The summed E-state index contributed by atoms with van der Waals surface area (Å²) in [6.07, 6.45) is 2.04. The maximum Gasteiger partial charge on any atom is 0.254 e. The molecule has 1 unspecified atom stereocenters. The van der Waals surface area contributed by atoms with Gasteiger partial charge in [-0.1, -0.05) is 29.8 Å².